The average molecular weight is 360 g/mol. The Balaban J connectivity index is 2.00. The van der Waals surface area contributed by atoms with Gasteiger partial charge < -0.3 is 24.4 Å². The lowest BCUT2D eigenvalue weighted by atomic mass is 10.1. The third kappa shape index (κ3) is 4.73. The van der Waals surface area contributed by atoms with Gasteiger partial charge in [-0.1, -0.05) is 5.92 Å². The smallest absolute Gasteiger partial charge is 0.203 e. The molecular weight excluding hydrogens is 332 g/mol. The summed E-state index contributed by atoms with van der Waals surface area (Å²) in [6.07, 6.45) is 5.31. The van der Waals surface area contributed by atoms with Crippen molar-refractivity contribution >= 4 is 5.96 Å². The van der Waals surface area contributed by atoms with Gasteiger partial charge in [-0.15, -0.1) is 6.42 Å². The van der Waals surface area contributed by atoms with E-state index in [-0.39, 0.29) is 0 Å². The maximum absolute atomic E-state index is 5.44. The van der Waals surface area contributed by atoms with Crippen LogP contribution in [0.15, 0.2) is 17.1 Å². The van der Waals surface area contributed by atoms with Gasteiger partial charge in [0.05, 0.1) is 27.9 Å². The molecule has 0 spiro atoms. The fourth-order valence-corrected chi connectivity index (χ4v) is 3.07. The van der Waals surface area contributed by atoms with E-state index in [1.165, 1.54) is 0 Å². The Morgan fingerprint density at radius 3 is 2.19 bits per heavy atom. The predicted molar refractivity (Wildman–Crippen MR) is 103 cm³/mol. The van der Waals surface area contributed by atoms with Crippen molar-refractivity contribution in [3.05, 3.63) is 17.7 Å². The highest BCUT2D eigenvalue weighted by Gasteiger charge is 2.21. The Kier molecular flexibility index (Phi) is 7.42. The Bertz CT molecular complexity index is 636. The van der Waals surface area contributed by atoms with Gasteiger partial charge in [0.2, 0.25) is 5.75 Å². The summed E-state index contributed by atoms with van der Waals surface area (Å²) in [6, 6.07) is 4.00. The molecule has 1 heterocycles. The lowest BCUT2D eigenvalue weighted by Gasteiger charge is -2.36. The molecule has 0 aromatic heterocycles. The molecule has 1 aliphatic rings. The predicted octanol–water partition coefficient (Wildman–Crippen LogP) is 1.04. The summed E-state index contributed by atoms with van der Waals surface area (Å²) in [7, 11) is 6.66. The van der Waals surface area contributed by atoms with E-state index >= 15 is 0 Å². The molecule has 0 aliphatic carbocycles. The normalized spacial score (nSPS) is 15.3. The number of ether oxygens (including phenoxy) is 3. The number of terminal acetylenes is 1. The molecule has 7 nitrogen and oxygen atoms in total. The molecular formula is C19H28N4O3. The first-order valence-corrected chi connectivity index (χ1v) is 8.57. The van der Waals surface area contributed by atoms with Gasteiger partial charge in [-0.05, 0) is 17.7 Å². The van der Waals surface area contributed by atoms with Crippen LogP contribution in [0, 0.1) is 12.3 Å². The summed E-state index contributed by atoms with van der Waals surface area (Å²) in [4.78, 5) is 8.91. The molecule has 1 aromatic rings. The van der Waals surface area contributed by atoms with Crippen LogP contribution in [0.3, 0.4) is 0 Å². The van der Waals surface area contributed by atoms with E-state index in [1.807, 2.05) is 12.1 Å². The summed E-state index contributed by atoms with van der Waals surface area (Å²) in [6.45, 7) is 4.98. The molecule has 0 unspecified atom stereocenters. The SMILES string of the molecule is C#CCNC(=NC)N1CCN(Cc2cc(OC)c(OC)c(OC)c2)CC1. The van der Waals surface area contributed by atoms with Crippen LogP contribution in [-0.4, -0.2) is 76.9 Å². The fourth-order valence-electron chi connectivity index (χ4n) is 3.07. The van der Waals surface area contributed by atoms with Gasteiger partial charge in [-0.2, -0.15) is 0 Å². The Labute approximate surface area is 155 Å². The monoisotopic (exact) mass is 360 g/mol. The van der Waals surface area contributed by atoms with E-state index < -0.39 is 0 Å². The fraction of sp³-hybridized carbons (Fsp3) is 0.526. The highest BCUT2D eigenvalue weighted by Crippen LogP contribution is 2.38. The van der Waals surface area contributed by atoms with Gasteiger partial charge in [0.15, 0.2) is 17.5 Å². The molecule has 0 atom stereocenters. The molecule has 0 amide bonds. The van der Waals surface area contributed by atoms with Crippen molar-refractivity contribution in [2.75, 3.05) is 61.1 Å². The van der Waals surface area contributed by atoms with E-state index in [9.17, 15) is 0 Å². The lowest BCUT2D eigenvalue weighted by Crippen LogP contribution is -2.52. The number of hydrogen-bond acceptors (Lipinski definition) is 5. The Morgan fingerprint density at radius 1 is 1.12 bits per heavy atom. The zero-order chi connectivity index (χ0) is 18.9. The number of aliphatic imine (C=N–C) groups is 1. The van der Waals surface area contributed by atoms with Gasteiger partial charge in [0.1, 0.15) is 0 Å². The van der Waals surface area contributed by atoms with Crippen LogP contribution in [0.4, 0.5) is 0 Å². The summed E-state index contributed by atoms with van der Waals surface area (Å²) < 4.78 is 16.3. The highest BCUT2D eigenvalue weighted by atomic mass is 16.5. The molecule has 1 aromatic carbocycles. The molecule has 0 radical (unpaired) electrons. The second kappa shape index (κ2) is 9.78. The van der Waals surface area contributed by atoms with Crippen LogP contribution in [0.2, 0.25) is 0 Å². The number of rotatable bonds is 6. The summed E-state index contributed by atoms with van der Waals surface area (Å²) >= 11 is 0. The quantitative estimate of drug-likeness (QED) is 0.465. The molecule has 142 valence electrons. The van der Waals surface area contributed by atoms with Crippen molar-refractivity contribution < 1.29 is 14.2 Å². The molecule has 26 heavy (non-hydrogen) atoms. The number of nitrogens with zero attached hydrogens (tertiary/aromatic N) is 3. The maximum atomic E-state index is 5.44. The van der Waals surface area contributed by atoms with E-state index in [4.69, 9.17) is 20.6 Å². The minimum absolute atomic E-state index is 0.484. The number of guanidine groups is 1. The number of methoxy groups -OCH3 is 3. The van der Waals surface area contributed by atoms with Gasteiger partial charge in [-0.3, -0.25) is 9.89 Å². The van der Waals surface area contributed by atoms with Crippen LogP contribution in [0.1, 0.15) is 5.56 Å². The van der Waals surface area contributed by atoms with Crippen LogP contribution in [-0.2, 0) is 6.54 Å². The van der Waals surface area contributed by atoms with Gasteiger partial charge in [0.25, 0.3) is 0 Å². The minimum Gasteiger partial charge on any atom is -0.493 e. The minimum atomic E-state index is 0.484. The van der Waals surface area contributed by atoms with E-state index in [1.54, 1.807) is 28.4 Å². The van der Waals surface area contributed by atoms with Gasteiger partial charge >= 0.3 is 0 Å². The molecule has 7 heteroatoms. The number of nitrogens with one attached hydrogen (secondary N) is 1. The third-order valence-electron chi connectivity index (χ3n) is 4.36. The van der Waals surface area contributed by atoms with Crippen molar-refractivity contribution in [1.29, 1.82) is 0 Å². The highest BCUT2D eigenvalue weighted by molar-refractivity contribution is 5.80. The van der Waals surface area contributed by atoms with Crippen LogP contribution in [0.25, 0.3) is 0 Å². The summed E-state index contributed by atoms with van der Waals surface area (Å²) in [5, 5.41) is 3.17. The van der Waals surface area contributed by atoms with E-state index in [0.717, 1.165) is 44.2 Å². The number of hydrogen-bond donors (Lipinski definition) is 1. The van der Waals surface area contributed by atoms with Crippen LogP contribution < -0.4 is 19.5 Å². The molecule has 1 N–H and O–H groups in total. The summed E-state index contributed by atoms with van der Waals surface area (Å²) in [5.41, 5.74) is 1.13. The topological polar surface area (TPSA) is 58.6 Å². The van der Waals surface area contributed by atoms with Crippen molar-refractivity contribution in [2.45, 2.75) is 6.54 Å². The van der Waals surface area contributed by atoms with Gasteiger partial charge in [-0.25, -0.2) is 0 Å². The Hall–Kier alpha value is -2.59. The largest absolute Gasteiger partial charge is 0.493 e. The van der Waals surface area contributed by atoms with Crippen molar-refractivity contribution in [2.24, 2.45) is 4.99 Å². The zero-order valence-electron chi connectivity index (χ0n) is 16.0. The number of benzene rings is 1. The molecule has 0 saturated carbocycles. The van der Waals surface area contributed by atoms with E-state index in [0.29, 0.717) is 23.8 Å². The second-order valence-electron chi connectivity index (χ2n) is 5.90. The molecule has 0 bridgehead atoms. The molecule has 2 rings (SSSR count). The molecule has 1 fully saturated rings. The first kappa shape index (κ1) is 19.7. The van der Waals surface area contributed by atoms with Crippen LogP contribution in [0.5, 0.6) is 17.2 Å². The maximum Gasteiger partial charge on any atom is 0.203 e. The van der Waals surface area contributed by atoms with Gasteiger partial charge in [0, 0.05) is 39.8 Å². The third-order valence-corrected chi connectivity index (χ3v) is 4.36. The van der Waals surface area contributed by atoms with Crippen molar-refractivity contribution in [3.8, 4) is 29.6 Å². The zero-order valence-corrected chi connectivity index (χ0v) is 16.0. The van der Waals surface area contributed by atoms with E-state index in [2.05, 4.69) is 26.0 Å². The summed E-state index contributed by atoms with van der Waals surface area (Å²) in [5.74, 6) is 5.42. The van der Waals surface area contributed by atoms with Crippen molar-refractivity contribution in [1.82, 2.24) is 15.1 Å². The van der Waals surface area contributed by atoms with Crippen LogP contribution >= 0.6 is 0 Å². The number of piperazine rings is 1. The second-order valence-corrected chi connectivity index (χ2v) is 5.90. The van der Waals surface area contributed by atoms with Crippen molar-refractivity contribution in [3.63, 3.8) is 0 Å². The standard InChI is InChI=1S/C19H28N4O3/c1-6-7-21-19(20-2)23-10-8-22(9-11-23)14-15-12-16(24-3)18(26-5)17(13-15)25-4/h1,12-13H,7-11,14H2,2-5H3,(H,20,21). The first-order valence-electron chi connectivity index (χ1n) is 8.57. The Morgan fingerprint density at radius 2 is 1.73 bits per heavy atom. The molecule has 1 saturated heterocycles. The average Bonchev–Trinajstić information content (AvgIpc) is 2.68. The first-order chi connectivity index (χ1) is 12.7. The lowest BCUT2D eigenvalue weighted by molar-refractivity contribution is 0.172. The molecule has 1 aliphatic heterocycles.